The van der Waals surface area contributed by atoms with E-state index < -0.39 is 5.41 Å². The molecule has 7 aromatic rings. The third-order valence-corrected chi connectivity index (χ3v) is 9.58. The number of aryl methyl sites for hydroxylation is 2. The van der Waals surface area contributed by atoms with E-state index in [-0.39, 0.29) is 37.1 Å². The average Bonchev–Trinajstić information content (AvgIpc) is 3.07. The van der Waals surface area contributed by atoms with Crippen molar-refractivity contribution in [1.29, 1.82) is 0 Å². The van der Waals surface area contributed by atoms with Crippen molar-refractivity contribution >= 4 is 65.9 Å². The Morgan fingerprint density at radius 1 is 0.725 bits per heavy atom. The molecule has 0 aliphatic carbocycles. The summed E-state index contributed by atoms with van der Waals surface area (Å²) in [6.07, 6.45) is 3.29. The largest absolute Gasteiger partial charge is 0.512 e. The molecule has 1 radical (unpaired) electrons. The molecule has 0 atom stereocenters. The third-order valence-electron chi connectivity index (χ3n) is 9.58. The maximum atomic E-state index is 11.5. The number of benzene rings is 6. The first-order valence-electron chi connectivity index (χ1n) is 17.2. The van der Waals surface area contributed by atoms with Crippen molar-refractivity contribution in [2.75, 3.05) is 4.90 Å². The van der Waals surface area contributed by atoms with Crippen LogP contribution in [0.4, 0.5) is 17.1 Å². The van der Waals surface area contributed by atoms with E-state index in [4.69, 9.17) is 4.98 Å². The molecule has 0 unspecified atom stereocenters. The topological polar surface area (TPSA) is 53.4 Å². The van der Waals surface area contributed by atoms with Crippen LogP contribution in [0.3, 0.4) is 0 Å². The molecule has 51 heavy (non-hydrogen) atoms. The van der Waals surface area contributed by atoms with Crippen LogP contribution in [0.1, 0.15) is 52.7 Å². The van der Waals surface area contributed by atoms with Gasteiger partial charge in [0.15, 0.2) is 5.78 Å². The molecule has 0 saturated heterocycles. The molecule has 0 amide bonds. The fourth-order valence-electron chi connectivity index (χ4n) is 6.79. The van der Waals surface area contributed by atoms with Gasteiger partial charge in [-0.15, -0.1) is 17.5 Å². The predicted molar refractivity (Wildman–Crippen MR) is 211 cm³/mol. The molecule has 8 rings (SSSR count). The summed E-state index contributed by atoms with van der Waals surface area (Å²) >= 11 is 0. The minimum absolute atomic E-state index is 0. The first kappa shape index (κ1) is 36.0. The number of fused-ring (bicyclic) bond motifs is 7. The van der Waals surface area contributed by atoms with Crippen LogP contribution in [0, 0.1) is 30.7 Å². The number of allylic oxidation sites excluding steroid dienone is 2. The Morgan fingerprint density at radius 3 is 2.10 bits per heavy atom. The zero-order valence-corrected chi connectivity index (χ0v) is 32.9. The second-order valence-electron chi connectivity index (χ2n) is 15.5. The Balaban J connectivity index is 0.000000277. The molecular formula is C46H43IrN2O2-. The molecule has 1 aromatic heterocycles. The van der Waals surface area contributed by atoms with E-state index in [1.54, 1.807) is 0 Å². The summed E-state index contributed by atoms with van der Waals surface area (Å²) in [7, 11) is 0. The normalized spacial score (nSPS) is 12.8. The first-order valence-corrected chi connectivity index (χ1v) is 17.2. The molecule has 259 valence electrons. The molecule has 2 heterocycles. The number of aliphatic hydroxyl groups excluding tert-OH is 1. The number of rotatable bonds is 2. The Bertz CT molecular complexity index is 2500. The summed E-state index contributed by atoms with van der Waals surface area (Å²) < 4.78 is 0. The van der Waals surface area contributed by atoms with E-state index >= 15 is 0 Å². The molecule has 0 fully saturated rings. The van der Waals surface area contributed by atoms with Gasteiger partial charge in [0.2, 0.25) is 0 Å². The maximum Gasteiger partial charge on any atom is 0.164 e. The minimum atomic E-state index is -0.417. The van der Waals surface area contributed by atoms with Crippen LogP contribution in [0.5, 0.6) is 0 Å². The van der Waals surface area contributed by atoms with Crippen molar-refractivity contribution in [3.8, 4) is 11.3 Å². The van der Waals surface area contributed by atoms with Gasteiger partial charge in [-0.1, -0.05) is 125 Å². The number of nitrogens with zero attached hydrogens (tertiary/aromatic N) is 2. The summed E-state index contributed by atoms with van der Waals surface area (Å²) in [5.74, 6) is 0.104. The SMILES string of the molecule is CC(C)(C)C(=O)/C=C(\O)C(C)(C)C.Cc1cc(C)c2ccc3c4ccnc5c4c(cc3c2c1)N(c1ccccc1)c1cc2ccccc2[c-]c1-5.[Ir]. The Kier molecular flexibility index (Phi) is 9.44. The summed E-state index contributed by atoms with van der Waals surface area (Å²) in [4.78, 5) is 18.8. The number of carbonyl (C=O) groups is 1. The monoisotopic (exact) mass is 848 g/mol. The number of ketones is 1. The van der Waals surface area contributed by atoms with Crippen molar-refractivity contribution < 1.29 is 30.0 Å². The van der Waals surface area contributed by atoms with Crippen LogP contribution in [-0.4, -0.2) is 15.9 Å². The van der Waals surface area contributed by atoms with E-state index in [2.05, 4.69) is 122 Å². The number of anilines is 3. The molecule has 1 N–H and O–H groups in total. The van der Waals surface area contributed by atoms with Crippen molar-refractivity contribution in [1.82, 2.24) is 4.98 Å². The standard InChI is InChI=1S/C35H23N2.C11H20O2.Ir/c1-21-16-22(2)26-12-13-27-28-14-15-36-35-31-18-23-8-6-7-9-24(23)19-32(31)37(25-10-4-3-5-11-25)33(34(28)35)20-30(27)29(26)17-21;1-10(2,3)8(12)7-9(13)11(4,5)6;/h3-17,19-20H,1-2H3;7,12H,1-6H3;/q-1;;/b;8-7-;. The molecular weight excluding hydrogens is 805 g/mol. The van der Waals surface area contributed by atoms with E-state index in [0.29, 0.717) is 0 Å². The maximum absolute atomic E-state index is 11.5. The van der Waals surface area contributed by atoms with Crippen LogP contribution < -0.4 is 4.90 Å². The van der Waals surface area contributed by atoms with Crippen LogP contribution in [-0.2, 0) is 24.9 Å². The molecule has 6 aromatic carbocycles. The minimum Gasteiger partial charge on any atom is -0.512 e. The van der Waals surface area contributed by atoms with Gasteiger partial charge in [-0.2, -0.15) is 0 Å². The Hall–Kier alpha value is -4.83. The number of hydrogen-bond donors (Lipinski definition) is 1. The number of para-hydroxylation sites is 1. The van der Waals surface area contributed by atoms with Gasteiger partial charge in [0.05, 0.1) is 0 Å². The van der Waals surface area contributed by atoms with Crippen molar-refractivity contribution in [3.05, 3.63) is 132 Å². The van der Waals surface area contributed by atoms with Gasteiger partial charge in [-0.3, -0.25) is 9.78 Å². The van der Waals surface area contributed by atoms with E-state index in [9.17, 15) is 9.90 Å². The zero-order chi connectivity index (χ0) is 35.5. The van der Waals surface area contributed by atoms with Gasteiger partial charge >= 0.3 is 0 Å². The number of carbonyl (C=O) groups excluding carboxylic acids is 1. The molecule has 0 bridgehead atoms. The second kappa shape index (κ2) is 13.4. The van der Waals surface area contributed by atoms with Gasteiger partial charge in [0.25, 0.3) is 0 Å². The third kappa shape index (κ3) is 6.57. The molecule has 0 saturated carbocycles. The second-order valence-corrected chi connectivity index (χ2v) is 15.5. The van der Waals surface area contributed by atoms with Gasteiger partial charge < -0.3 is 10.0 Å². The first-order chi connectivity index (χ1) is 23.7. The van der Waals surface area contributed by atoms with Gasteiger partial charge in [0.1, 0.15) is 5.76 Å². The summed E-state index contributed by atoms with van der Waals surface area (Å²) in [5, 5.41) is 19.4. The Morgan fingerprint density at radius 2 is 1.39 bits per heavy atom. The van der Waals surface area contributed by atoms with Crippen LogP contribution >= 0.6 is 0 Å². The quantitative estimate of drug-likeness (QED) is 0.0815. The molecule has 1 aliphatic rings. The van der Waals surface area contributed by atoms with Gasteiger partial charge in [0, 0.05) is 60.3 Å². The number of aliphatic hydroxyl groups is 1. The summed E-state index contributed by atoms with van der Waals surface area (Å²) in [6.45, 7) is 15.5. The van der Waals surface area contributed by atoms with Crippen LogP contribution in [0.2, 0.25) is 0 Å². The number of pyridine rings is 1. The molecule has 0 spiro atoms. The van der Waals surface area contributed by atoms with E-state index in [0.717, 1.165) is 28.0 Å². The predicted octanol–water partition coefficient (Wildman–Crippen LogP) is 12.6. The van der Waals surface area contributed by atoms with E-state index in [1.165, 1.54) is 60.6 Å². The molecule has 1 aliphatic heterocycles. The van der Waals surface area contributed by atoms with Crippen molar-refractivity contribution in [2.24, 2.45) is 10.8 Å². The van der Waals surface area contributed by atoms with Crippen molar-refractivity contribution in [2.45, 2.75) is 55.4 Å². The summed E-state index contributed by atoms with van der Waals surface area (Å²) in [5.41, 5.74) is 7.30. The van der Waals surface area contributed by atoms with Crippen molar-refractivity contribution in [3.63, 3.8) is 0 Å². The van der Waals surface area contributed by atoms with E-state index in [1.807, 2.05) is 47.7 Å². The number of aromatic nitrogens is 1. The van der Waals surface area contributed by atoms with Crippen LogP contribution in [0.15, 0.2) is 115 Å². The van der Waals surface area contributed by atoms with Crippen LogP contribution in [0.25, 0.3) is 54.3 Å². The Labute approximate surface area is 314 Å². The zero-order valence-electron chi connectivity index (χ0n) is 30.5. The fraction of sp³-hybridized carbons (Fsp3) is 0.217. The number of hydrogen-bond acceptors (Lipinski definition) is 4. The molecule has 5 heteroatoms. The van der Waals surface area contributed by atoms with Gasteiger partial charge in [-0.25, -0.2) is 0 Å². The fourth-order valence-corrected chi connectivity index (χ4v) is 6.79. The smallest absolute Gasteiger partial charge is 0.164 e. The van der Waals surface area contributed by atoms with Gasteiger partial charge in [-0.05, 0) is 81.7 Å². The molecule has 4 nitrogen and oxygen atoms in total. The average molecular weight is 848 g/mol. The summed E-state index contributed by atoms with van der Waals surface area (Å²) in [6, 6.07) is 38.9.